The second-order valence-electron chi connectivity index (χ2n) is 5.08. The van der Waals surface area contributed by atoms with Gasteiger partial charge < -0.3 is 9.55 Å². The molecule has 1 saturated carbocycles. The fourth-order valence-electron chi connectivity index (χ4n) is 2.89. The molecule has 4 heteroatoms. The van der Waals surface area contributed by atoms with Gasteiger partial charge in [-0.1, -0.05) is 19.8 Å². The predicted molar refractivity (Wildman–Crippen MR) is 71.4 cm³/mol. The predicted octanol–water partition coefficient (Wildman–Crippen LogP) is 3.53. The van der Waals surface area contributed by atoms with Gasteiger partial charge in [-0.2, -0.15) is 0 Å². The number of rotatable bonds is 2. The molecule has 1 aliphatic carbocycles. The highest BCUT2D eigenvalue weighted by Crippen LogP contribution is 2.32. The lowest BCUT2D eigenvalue weighted by atomic mass is 9.98. The maximum absolute atomic E-state index is 5.39. The van der Waals surface area contributed by atoms with E-state index in [0.717, 1.165) is 34.3 Å². The quantitative estimate of drug-likeness (QED) is 0.824. The third-order valence-electron chi connectivity index (χ3n) is 3.99. The molecule has 2 unspecified atom stereocenters. The molecular weight excluding hydrogens is 230 g/mol. The zero-order chi connectivity index (χ0) is 11.8. The third kappa shape index (κ3) is 1.90. The summed E-state index contributed by atoms with van der Waals surface area (Å²) in [7, 11) is 0. The Morgan fingerprint density at radius 1 is 1.53 bits per heavy atom. The molecule has 0 saturated heterocycles. The number of H-pyrrole nitrogens is 1. The van der Waals surface area contributed by atoms with Crippen LogP contribution in [0, 0.1) is 16.6 Å². The Morgan fingerprint density at radius 2 is 2.41 bits per heavy atom. The second kappa shape index (κ2) is 4.26. The Balaban J connectivity index is 1.99. The van der Waals surface area contributed by atoms with E-state index >= 15 is 0 Å². The minimum absolute atomic E-state index is 0.753. The summed E-state index contributed by atoms with van der Waals surface area (Å²) in [5.74, 6) is 1.56. The monoisotopic (exact) mass is 247 g/mol. The minimum Gasteiger partial charge on any atom is -0.329 e. The molecule has 3 rings (SSSR count). The van der Waals surface area contributed by atoms with Gasteiger partial charge in [-0.25, -0.2) is 4.98 Å². The zero-order valence-corrected chi connectivity index (χ0v) is 10.8. The highest BCUT2D eigenvalue weighted by molar-refractivity contribution is 7.71. The fourth-order valence-corrected chi connectivity index (χ4v) is 3.16. The standard InChI is InChI=1S/C13H17N3S/c1-9-4-2-5-10(9)8-16-12-11(15-13(16)17)6-3-7-14-12/h3,6-7,9-10H,2,4-5,8H2,1H3,(H,15,17). The number of hydrogen-bond acceptors (Lipinski definition) is 2. The van der Waals surface area contributed by atoms with E-state index in [0.29, 0.717) is 0 Å². The maximum Gasteiger partial charge on any atom is 0.179 e. The van der Waals surface area contributed by atoms with E-state index in [-0.39, 0.29) is 0 Å². The Labute approximate surface area is 106 Å². The SMILES string of the molecule is CC1CCCC1Cn1c(=S)[nH]c2cccnc21. The summed E-state index contributed by atoms with van der Waals surface area (Å²) < 4.78 is 2.97. The smallest absolute Gasteiger partial charge is 0.179 e. The number of hydrogen-bond donors (Lipinski definition) is 1. The van der Waals surface area contributed by atoms with Crippen molar-refractivity contribution in [2.75, 3.05) is 0 Å². The largest absolute Gasteiger partial charge is 0.329 e. The second-order valence-corrected chi connectivity index (χ2v) is 5.47. The van der Waals surface area contributed by atoms with Crippen molar-refractivity contribution in [2.24, 2.45) is 11.8 Å². The molecule has 1 aliphatic rings. The summed E-state index contributed by atoms with van der Waals surface area (Å²) >= 11 is 5.39. The molecule has 0 amide bonds. The van der Waals surface area contributed by atoms with Gasteiger partial charge in [0.25, 0.3) is 0 Å². The van der Waals surface area contributed by atoms with Crippen LogP contribution in [-0.2, 0) is 6.54 Å². The lowest BCUT2D eigenvalue weighted by Crippen LogP contribution is -2.13. The van der Waals surface area contributed by atoms with Crippen molar-refractivity contribution in [3.8, 4) is 0 Å². The number of nitrogens with zero attached hydrogens (tertiary/aromatic N) is 2. The van der Waals surface area contributed by atoms with Crippen LogP contribution in [0.2, 0.25) is 0 Å². The van der Waals surface area contributed by atoms with Gasteiger partial charge in [0.2, 0.25) is 0 Å². The first-order valence-electron chi connectivity index (χ1n) is 6.29. The average molecular weight is 247 g/mol. The van der Waals surface area contributed by atoms with Crippen LogP contribution in [0.25, 0.3) is 11.2 Å². The van der Waals surface area contributed by atoms with E-state index in [1.54, 1.807) is 0 Å². The third-order valence-corrected chi connectivity index (χ3v) is 4.31. The number of imidazole rings is 1. The normalized spacial score (nSPS) is 24.5. The summed E-state index contributed by atoms with van der Waals surface area (Å²) in [6.07, 6.45) is 5.87. The maximum atomic E-state index is 5.39. The molecule has 1 N–H and O–H groups in total. The van der Waals surface area contributed by atoms with E-state index in [9.17, 15) is 0 Å². The summed E-state index contributed by atoms with van der Waals surface area (Å²) in [6, 6.07) is 3.98. The molecule has 1 fully saturated rings. The highest BCUT2D eigenvalue weighted by Gasteiger charge is 2.24. The molecule has 2 aromatic rings. The molecular formula is C13H17N3S. The van der Waals surface area contributed by atoms with Crippen molar-refractivity contribution in [1.29, 1.82) is 0 Å². The van der Waals surface area contributed by atoms with Gasteiger partial charge in [0.1, 0.15) is 0 Å². The Kier molecular flexibility index (Phi) is 2.74. The van der Waals surface area contributed by atoms with Crippen LogP contribution in [-0.4, -0.2) is 14.5 Å². The topological polar surface area (TPSA) is 33.6 Å². The van der Waals surface area contributed by atoms with Crippen molar-refractivity contribution in [3.63, 3.8) is 0 Å². The van der Waals surface area contributed by atoms with Gasteiger partial charge >= 0.3 is 0 Å². The number of pyridine rings is 1. The Morgan fingerprint density at radius 3 is 3.18 bits per heavy atom. The summed E-state index contributed by atoms with van der Waals surface area (Å²) in [4.78, 5) is 7.67. The zero-order valence-electron chi connectivity index (χ0n) is 10.0. The summed E-state index contributed by atoms with van der Waals surface area (Å²) in [6.45, 7) is 3.36. The molecule has 2 atom stereocenters. The van der Waals surface area contributed by atoms with Crippen molar-refractivity contribution in [3.05, 3.63) is 23.1 Å². The van der Waals surface area contributed by atoms with Gasteiger partial charge in [0.05, 0.1) is 5.52 Å². The van der Waals surface area contributed by atoms with E-state index in [2.05, 4.69) is 21.5 Å². The number of aromatic nitrogens is 3. The van der Waals surface area contributed by atoms with Crippen LogP contribution >= 0.6 is 12.2 Å². The first-order valence-corrected chi connectivity index (χ1v) is 6.70. The average Bonchev–Trinajstić information content (AvgIpc) is 2.85. The van der Waals surface area contributed by atoms with Crippen LogP contribution in [0.5, 0.6) is 0 Å². The molecule has 0 aromatic carbocycles. The Bertz CT molecular complexity index is 584. The molecule has 2 aromatic heterocycles. The van der Waals surface area contributed by atoms with Crippen molar-refractivity contribution in [1.82, 2.24) is 14.5 Å². The molecule has 3 nitrogen and oxygen atoms in total. The molecule has 0 radical (unpaired) electrons. The van der Waals surface area contributed by atoms with Gasteiger partial charge in [0, 0.05) is 12.7 Å². The molecule has 0 spiro atoms. The summed E-state index contributed by atoms with van der Waals surface area (Å²) in [5, 5.41) is 0. The molecule has 17 heavy (non-hydrogen) atoms. The van der Waals surface area contributed by atoms with Gasteiger partial charge in [0.15, 0.2) is 10.4 Å². The van der Waals surface area contributed by atoms with Gasteiger partial charge in [-0.05, 0) is 42.6 Å². The lowest BCUT2D eigenvalue weighted by molar-refractivity contribution is 0.366. The first-order chi connectivity index (χ1) is 8.25. The molecule has 0 aliphatic heterocycles. The van der Waals surface area contributed by atoms with Crippen LogP contribution in [0.1, 0.15) is 26.2 Å². The van der Waals surface area contributed by atoms with Crippen LogP contribution < -0.4 is 0 Å². The number of nitrogens with one attached hydrogen (secondary N) is 1. The van der Waals surface area contributed by atoms with Crippen molar-refractivity contribution < 1.29 is 0 Å². The number of aromatic amines is 1. The van der Waals surface area contributed by atoms with Crippen LogP contribution in [0.4, 0.5) is 0 Å². The van der Waals surface area contributed by atoms with Crippen molar-refractivity contribution >= 4 is 23.4 Å². The molecule has 0 bridgehead atoms. The van der Waals surface area contributed by atoms with Gasteiger partial charge in [-0.3, -0.25) is 0 Å². The Hall–Kier alpha value is -1.16. The summed E-state index contributed by atoms with van der Waals surface area (Å²) in [5.41, 5.74) is 2.04. The van der Waals surface area contributed by atoms with Gasteiger partial charge in [-0.15, -0.1) is 0 Å². The van der Waals surface area contributed by atoms with Crippen LogP contribution in [0.3, 0.4) is 0 Å². The van der Waals surface area contributed by atoms with Crippen molar-refractivity contribution in [2.45, 2.75) is 32.7 Å². The fraction of sp³-hybridized carbons (Fsp3) is 0.538. The van der Waals surface area contributed by atoms with E-state index in [4.69, 9.17) is 12.2 Å². The van der Waals surface area contributed by atoms with Crippen LogP contribution in [0.15, 0.2) is 18.3 Å². The lowest BCUT2D eigenvalue weighted by Gasteiger charge is -2.15. The molecule has 90 valence electrons. The minimum atomic E-state index is 0.753. The number of fused-ring (bicyclic) bond motifs is 1. The van der Waals surface area contributed by atoms with E-state index < -0.39 is 0 Å². The van der Waals surface area contributed by atoms with E-state index in [1.165, 1.54) is 19.3 Å². The molecule has 2 heterocycles. The van der Waals surface area contributed by atoms with E-state index in [1.807, 2.05) is 18.3 Å². The first kappa shape index (κ1) is 11.0. The highest BCUT2D eigenvalue weighted by atomic mass is 32.1.